The number of hydrogen-bond donors (Lipinski definition) is 2. The maximum atomic E-state index is 10.6. The van der Waals surface area contributed by atoms with Crippen molar-refractivity contribution in [3.63, 3.8) is 0 Å². The van der Waals surface area contributed by atoms with Gasteiger partial charge < -0.3 is 15.5 Å². The minimum Gasteiger partial charge on any atom is -0.356 e. The SMILES string of the molecule is C=CC(=O)NCCCN(C)C.O=C1CCCN1. The fourth-order valence-electron chi connectivity index (χ4n) is 1.24. The van der Waals surface area contributed by atoms with Gasteiger partial charge in [0.15, 0.2) is 0 Å². The van der Waals surface area contributed by atoms with Gasteiger partial charge in [-0.25, -0.2) is 0 Å². The molecule has 1 aliphatic rings. The molecule has 0 aromatic heterocycles. The number of carbonyl (C=O) groups is 2. The van der Waals surface area contributed by atoms with Crippen molar-refractivity contribution in [3.05, 3.63) is 12.7 Å². The van der Waals surface area contributed by atoms with Crippen LogP contribution in [0.3, 0.4) is 0 Å². The van der Waals surface area contributed by atoms with Crippen molar-refractivity contribution < 1.29 is 9.59 Å². The highest BCUT2D eigenvalue weighted by Gasteiger charge is 2.05. The molecule has 0 aliphatic carbocycles. The number of carbonyl (C=O) groups excluding carboxylic acids is 2. The molecule has 2 N–H and O–H groups in total. The first kappa shape index (κ1) is 15.6. The lowest BCUT2D eigenvalue weighted by Gasteiger charge is -2.08. The molecular formula is C12H23N3O2. The predicted molar refractivity (Wildman–Crippen MR) is 68.6 cm³/mol. The van der Waals surface area contributed by atoms with Gasteiger partial charge in [0, 0.05) is 19.5 Å². The van der Waals surface area contributed by atoms with Crippen LogP contribution in [0.15, 0.2) is 12.7 Å². The summed E-state index contributed by atoms with van der Waals surface area (Å²) >= 11 is 0. The number of hydrogen-bond acceptors (Lipinski definition) is 3. The van der Waals surface area contributed by atoms with Gasteiger partial charge in [-0.15, -0.1) is 0 Å². The maximum absolute atomic E-state index is 10.6. The molecule has 0 aromatic carbocycles. The van der Waals surface area contributed by atoms with Gasteiger partial charge in [0.2, 0.25) is 11.8 Å². The minimum absolute atomic E-state index is 0.0937. The van der Waals surface area contributed by atoms with Crippen molar-refractivity contribution in [2.75, 3.05) is 33.7 Å². The summed E-state index contributed by atoms with van der Waals surface area (Å²) in [7, 11) is 4.02. The zero-order valence-electron chi connectivity index (χ0n) is 10.8. The van der Waals surface area contributed by atoms with E-state index < -0.39 is 0 Å². The zero-order chi connectivity index (χ0) is 13.1. The third-order valence-electron chi connectivity index (χ3n) is 2.17. The summed E-state index contributed by atoms with van der Waals surface area (Å²) in [6, 6.07) is 0. The number of nitrogens with one attached hydrogen (secondary N) is 2. The second-order valence-electron chi connectivity index (χ2n) is 4.11. The van der Waals surface area contributed by atoms with Crippen molar-refractivity contribution in [2.45, 2.75) is 19.3 Å². The second-order valence-corrected chi connectivity index (χ2v) is 4.11. The van der Waals surface area contributed by atoms with Crippen molar-refractivity contribution >= 4 is 11.8 Å². The molecule has 1 aliphatic heterocycles. The average molecular weight is 241 g/mol. The van der Waals surface area contributed by atoms with Crippen LogP contribution in [0.4, 0.5) is 0 Å². The van der Waals surface area contributed by atoms with E-state index in [0.717, 1.165) is 38.9 Å². The van der Waals surface area contributed by atoms with Crippen molar-refractivity contribution in [1.29, 1.82) is 0 Å². The van der Waals surface area contributed by atoms with E-state index in [1.165, 1.54) is 6.08 Å². The third-order valence-corrected chi connectivity index (χ3v) is 2.17. The standard InChI is InChI=1S/C8H16N2O.C4H7NO/c1-4-8(11)9-6-5-7-10(2)3;6-4-2-1-3-5-4/h4H,1,5-7H2,2-3H3,(H,9,11);1-3H2,(H,5,6). The highest BCUT2D eigenvalue weighted by atomic mass is 16.2. The molecule has 2 amide bonds. The molecule has 0 spiro atoms. The molecule has 1 heterocycles. The van der Waals surface area contributed by atoms with Crippen LogP contribution in [0.25, 0.3) is 0 Å². The van der Waals surface area contributed by atoms with E-state index in [0.29, 0.717) is 0 Å². The Labute approximate surface area is 103 Å². The molecule has 1 fully saturated rings. The molecular weight excluding hydrogens is 218 g/mol. The Hall–Kier alpha value is -1.36. The van der Waals surface area contributed by atoms with Crippen LogP contribution < -0.4 is 10.6 Å². The first-order valence-corrected chi connectivity index (χ1v) is 5.88. The summed E-state index contributed by atoms with van der Waals surface area (Å²) in [5.74, 6) is 0.110. The van der Waals surface area contributed by atoms with Gasteiger partial charge in [-0.1, -0.05) is 6.58 Å². The lowest BCUT2D eigenvalue weighted by Crippen LogP contribution is -2.25. The molecule has 98 valence electrons. The number of amides is 2. The summed E-state index contributed by atoms with van der Waals surface area (Å²) in [6.45, 7) is 5.96. The van der Waals surface area contributed by atoms with Crippen LogP contribution in [0.1, 0.15) is 19.3 Å². The van der Waals surface area contributed by atoms with Gasteiger partial charge >= 0.3 is 0 Å². The van der Waals surface area contributed by atoms with Gasteiger partial charge in [0.1, 0.15) is 0 Å². The molecule has 1 saturated heterocycles. The molecule has 0 unspecified atom stereocenters. The Kier molecular flexibility index (Phi) is 9.05. The van der Waals surface area contributed by atoms with Crippen molar-refractivity contribution in [3.8, 4) is 0 Å². The average Bonchev–Trinajstić information content (AvgIpc) is 2.76. The summed E-state index contributed by atoms with van der Waals surface area (Å²) < 4.78 is 0. The van der Waals surface area contributed by atoms with E-state index in [2.05, 4.69) is 22.1 Å². The summed E-state index contributed by atoms with van der Waals surface area (Å²) in [4.78, 5) is 22.8. The van der Waals surface area contributed by atoms with E-state index in [4.69, 9.17) is 0 Å². The first-order valence-electron chi connectivity index (χ1n) is 5.88. The predicted octanol–water partition coefficient (Wildman–Crippen LogP) is 0.137. The van der Waals surface area contributed by atoms with Gasteiger partial charge in [-0.2, -0.15) is 0 Å². The second kappa shape index (κ2) is 9.84. The molecule has 17 heavy (non-hydrogen) atoms. The Morgan fingerprint density at radius 3 is 2.65 bits per heavy atom. The molecule has 0 radical (unpaired) electrons. The van der Waals surface area contributed by atoms with E-state index in [9.17, 15) is 9.59 Å². The van der Waals surface area contributed by atoms with E-state index >= 15 is 0 Å². The largest absolute Gasteiger partial charge is 0.356 e. The minimum atomic E-state index is -0.0937. The lowest BCUT2D eigenvalue weighted by molar-refractivity contribution is -0.119. The van der Waals surface area contributed by atoms with Gasteiger partial charge in [-0.05, 0) is 39.6 Å². The van der Waals surface area contributed by atoms with Crippen LogP contribution in [0.5, 0.6) is 0 Å². The Bertz CT molecular complexity index is 244. The quantitative estimate of drug-likeness (QED) is 0.531. The maximum Gasteiger partial charge on any atom is 0.243 e. The van der Waals surface area contributed by atoms with E-state index in [1.807, 2.05) is 14.1 Å². The summed E-state index contributed by atoms with van der Waals surface area (Å²) in [5, 5.41) is 5.38. The highest BCUT2D eigenvalue weighted by Crippen LogP contribution is 1.93. The smallest absolute Gasteiger partial charge is 0.243 e. The first-order chi connectivity index (χ1) is 8.06. The van der Waals surface area contributed by atoms with Crippen LogP contribution in [-0.2, 0) is 9.59 Å². The van der Waals surface area contributed by atoms with Gasteiger partial charge in [0.25, 0.3) is 0 Å². The van der Waals surface area contributed by atoms with Gasteiger partial charge in [0.05, 0.1) is 0 Å². The van der Waals surface area contributed by atoms with Crippen LogP contribution in [0, 0.1) is 0 Å². The Morgan fingerprint density at radius 1 is 1.59 bits per heavy atom. The third kappa shape index (κ3) is 10.9. The highest BCUT2D eigenvalue weighted by molar-refractivity contribution is 5.86. The molecule has 0 saturated carbocycles. The fourth-order valence-corrected chi connectivity index (χ4v) is 1.24. The fraction of sp³-hybridized carbons (Fsp3) is 0.667. The molecule has 1 rings (SSSR count). The number of nitrogens with zero attached hydrogens (tertiary/aromatic N) is 1. The van der Waals surface area contributed by atoms with Crippen LogP contribution in [-0.4, -0.2) is 50.4 Å². The van der Waals surface area contributed by atoms with E-state index in [-0.39, 0.29) is 11.8 Å². The Morgan fingerprint density at radius 2 is 2.29 bits per heavy atom. The van der Waals surface area contributed by atoms with E-state index in [1.54, 1.807) is 0 Å². The zero-order valence-corrected chi connectivity index (χ0v) is 10.8. The van der Waals surface area contributed by atoms with Crippen LogP contribution >= 0.6 is 0 Å². The normalized spacial score (nSPS) is 13.7. The molecule has 0 aromatic rings. The monoisotopic (exact) mass is 241 g/mol. The molecule has 0 bridgehead atoms. The van der Waals surface area contributed by atoms with Crippen molar-refractivity contribution in [1.82, 2.24) is 15.5 Å². The Balaban J connectivity index is 0.000000354. The molecule has 5 heteroatoms. The topological polar surface area (TPSA) is 61.4 Å². The summed E-state index contributed by atoms with van der Waals surface area (Å²) in [6.07, 6.45) is 4.03. The summed E-state index contributed by atoms with van der Waals surface area (Å²) in [5.41, 5.74) is 0. The molecule has 0 atom stereocenters. The van der Waals surface area contributed by atoms with Crippen LogP contribution in [0.2, 0.25) is 0 Å². The molecule has 5 nitrogen and oxygen atoms in total. The lowest BCUT2D eigenvalue weighted by atomic mass is 10.4. The van der Waals surface area contributed by atoms with Gasteiger partial charge in [-0.3, -0.25) is 9.59 Å². The number of rotatable bonds is 5. The van der Waals surface area contributed by atoms with Crippen molar-refractivity contribution in [2.24, 2.45) is 0 Å².